The number of halogens is 2. The van der Waals surface area contributed by atoms with Crippen molar-refractivity contribution in [2.45, 2.75) is 31.7 Å². The summed E-state index contributed by atoms with van der Waals surface area (Å²) in [6.07, 6.45) is 2.26. The molecule has 0 atom stereocenters. The number of hydrogen-bond donors (Lipinski definition) is 0. The number of ketones is 1. The molecule has 0 aromatic heterocycles. The first kappa shape index (κ1) is 14.0. The summed E-state index contributed by atoms with van der Waals surface area (Å²) in [5.41, 5.74) is -0.0214. The fourth-order valence-electron chi connectivity index (χ4n) is 2.33. The average molecular weight is 284 g/mol. The van der Waals surface area contributed by atoms with Crippen molar-refractivity contribution in [2.75, 3.05) is 7.05 Å². The van der Waals surface area contributed by atoms with E-state index in [-0.39, 0.29) is 23.3 Å². The van der Waals surface area contributed by atoms with Gasteiger partial charge in [-0.05, 0) is 31.0 Å². The molecule has 0 saturated heterocycles. The topological polar surface area (TPSA) is 37.4 Å². The van der Waals surface area contributed by atoms with E-state index in [0.29, 0.717) is 30.7 Å². The lowest BCUT2D eigenvalue weighted by atomic mass is 9.93. The first-order valence-electron chi connectivity index (χ1n) is 6.23. The third kappa shape index (κ3) is 3.13. The smallest absolute Gasteiger partial charge is 0.256 e. The Hall–Kier alpha value is -1.42. The number of Topliss-reactive ketones (excluding diaryl/α,β-unsaturated/α-hetero) is 1. The molecule has 1 aromatic carbocycles. The summed E-state index contributed by atoms with van der Waals surface area (Å²) in [5.74, 6) is -0.737. The molecule has 1 amide bonds. The first-order chi connectivity index (χ1) is 8.99. The predicted molar refractivity (Wildman–Crippen MR) is 70.8 cm³/mol. The Morgan fingerprint density at radius 3 is 2.63 bits per heavy atom. The van der Waals surface area contributed by atoms with Crippen molar-refractivity contribution >= 4 is 23.3 Å². The van der Waals surface area contributed by atoms with Gasteiger partial charge in [-0.15, -0.1) is 0 Å². The van der Waals surface area contributed by atoms with Gasteiger partial charge in [-0.2, -0.15) is 0 Å². The van der Waals surface area contributed by atoms with Crippen LogP contribution in [0.1, 0.15) is 36.0 Å². The summed E-state index contributed by atoms with van der Waals surface area (Å²) in [6.45, 7) is 0. The van der Waals surface area contributed by atoms with E-state index in [0.717, 1.165) is 0 Å². The molecule has 1 fully saturated rings. The molecule has 1 aromatic rings. The van der Waals surface area contributed by atoms with Crippen LogP contribution in [0.2, 0.25) is 5.02 Å². The normalized spacial score (nSPS) is 16.5. The highest BCUT2D eigenvalue weighted by molar-refractivity contribution is 6.31. The average Bonchev–Trinajstić information content (AvgIpc) is 2.41. The van der Waals surface area contributed by atoms with Crippen LogP contribution in [0.3, 0.4) is 0 Å². The van der Waals surface area contributed by atoms with Gasteiger partial charge in [-0.3, -0.25) is 9.59 Å². The molecule has 102 valence electrons. The maximum Gasteiger partial charge on any atom is 0.256 e. The molecule has 0 N–H and O–H groups in total. The molecule has 0 bridgehead atoms. The van der Waals surface area contributed by atoms with Crippen LogP contribution in [0.4, 0.5) is 4.39 Å². The molecule has 0 radical (unpaired) electrons. The first-order valence-corrected chi connectivity index (χ1v) is 6.60. The second-order valence-electron chi connectivity index (χ2n) is 4.81. The van der Waals surface area contributed by atoms with Gasteiger partial charge in [-0.1, -0.05) is 11.6 Å². The van der Waals surface area contributed by atoms with E-state index in [1.807, 2.05) is 0 Å². The molecule has 0 spiro atoms. The lowest BCUT2D eigenvalue weighted by Crippen LogP contribution is -2.39. The Balaban J connectivity index is 2.14. The Labute approximate surface area is 116 Å². The molecule has 0 unspecified atom stereocenters. The molecular weight excluding hydrogens is 269 g/mol. The van der Waals surface area contributed by atoms with E-state index >= 15 is 0 Å². The lowest BCUT2D eigenvalue weighted by Gasteiger charge is -2.30. The molecular formula is C14H15ClFNO2. The summed E-state index contributed by atoms with van der Waals surface area (Å²) in [4.78, 5) is 24.9. The Morgan fingerprint density at radius 2 is 2.00 bits per heavy atom. The van der Waals surface area contributed by atoms with Crippen LogP contribution < -0.4 is 0 Å². The third-order valence-corrected chi connectivity index (χ3v) is 3.77. The maximum absolute atomic E-state index is 13.6. The van der Waals surface area contributed by atoms with Gasteiger partial charge in [0.1, 0.15) is 11.6 Å². The number of hydrogen-bond acceptors (Lipinski definition) is 2. The number of nitrogens with zero attached hydrogens (tertiary/aromatic N) is 1. The second kappa shape index (κ2) is 5.70. The van der Waals surface area contributed by atoms with Crippen LogP contribution in [0.5, 0.6) is 0 Å². The van der Waals surface area contributed by atoms with Crippen LogP contribution >= 0.6 is 11.6 Å². The highest BCUT2D eigenvalue weighted by Gasteiger charge is 2.27. The summed E-state index contributed by atoms with van der Waals surface area (Å²) >= 11 is 5.79. The van der Waals surface area contributed by atoms with Gasteiger partial charge < -0.3 is 4.90 Å². The van der Waals surface area contributed by atoms with Crippen molar-refractivity contribution in [3.63, 3.8) is 0 Å². The van der Waals surface area contributed by atoms with Crippen LogP contribution in [-0.4, -0.2) is 29.7 Å². The molecule has 19 heavy (non-hydrogen) atoms. The van der Waals surface area contributed by atoms with Crippen molar-refractivity contribution < 1.29 is 14.0 Å². The number of benzene rings is 1. The molecule has 0 heterocycles. The van der Waals surface area contributed by atoms with Crippen LogP contribution in [0.25, 0.3) is 0 Å². The SMILES string of the molecule is CN(C(=O)c1cc(Cl)ccc1F)C1CCC(=O)CC1. The highest BCUT2D eigenvalue weighted by Crippen LogP contribution is 2.23. The summed E-state index contributed by atoms with van der Waals surface area (Å²) in [5, 5.41) is 0.331. The van der Waals surface area contributed by atoms with Crippen molar-refractivity contribution in [1.29, 1.82) is 0 Å². The Kier molecular flexibility index (Phi) is 4.20. The molecule has 3 nitrogen and oxygen atoms in total. The monoisotopic (exact) mass is 283 g/mol. The lowest BCUT2D eigenvalue weighted by molar-refractivity contribution is -0.121. The standard InChI is InChI=1S/C14H15ClFNO2/c1-17(10-3-5-11(18)6-4-10)14(19)12-8-9(15)2-7-13(12)16/h2,7-8,10H,3-6H2,1H3. The van der Waals surface area contributed by atoms with E-state index in [9.17, 15) is 14.0 Å². The van der Waals surface area contributed by atoms with Gasteiger partial charge >= 0.3 is 0 Å². The van der Waals surface area contributed by atoms with E-state index in [1.165, 1.54) is 23.1 Å². The molecule has 5 heteroatoms. The van der Waals surface area contributed by atoms with Crippen molar-refractivity contribution in [2.24, 2.45) is 0 Å². The fourth-order valence-corrected chi connectivity index (χ4v) is 2.50. The number of carbonyl (C=O) groups excluding carboxylic acids is 2. The van der Waals surface area contributed by atoms with Gasteiger partial charge in [0, 0.05) is 31.0 Å². The van der Waals surface area contributed by atoms with Gasteiger partial charge in [-0.25, -0.2) is 4.39 Å². The quantitative estimate of drug-likeness (QED) is 0.836. The predicted octanol–water partition coefficient (Wildman–Crippen LogP) is 3.06. The minimum absolute atomic E-state index is 0.0106. The molecule has 2 rings (SSSR count). The highest BCUT2D eigenvalue weighted by atomic mass is 35.5. The summed E-state index contributed by atoms with van der Waals surface area (Å²) in [6, 6.07) is 3.92. The van der Waals surface area contributed by atoms with E-state index < -0.39 is 5.82 Å². The number of carbonyl (C=O) groups is 2. The van der Waals surface area contributed by atoms with Gasteiger partial charge in [0.25, 0.3) is 5.91 Å². The maximum atomic E-state index is 13.6. The number of rotatable bonds is 2. The largest absolute Gasteiger partial charge is 0.339 e. The van der Waals surface area contributed by atoms with E-state index in [1.54, 1.807) is 7.05 Å². The Morgan fingerprint density at radius 1 is 1.37 bits per heavy atom. The Bertz CT molecular complexity index is 508. The number of amides is 1. The zero-order chi connectivity index (χ0) is 14.0. The van der Waals surface area contributed by atoms with Gasteiger partial charge in [0.2, 0.25) is 0 Å². The molecule has 1 saturated carbocycles. The van der Waals surface area contributed by atoms with Crippen molar-refractivity contribution in [3.05, 3.63) is 34.6 Å². The van der Waals surface area contributed by atoms with E-state index in [2.05, 4.69) is 0 Å². The fraction of sp³-hybridized carbons (Fsp3) is 0.429. The summed E-state index contributed by atoms with van der Waals surface area (Å²) < 4.78 is 13.6. The van der Waals surface area contributed by atoms with Crippen LogP contribution in [0.15, 0.2) is 18.2 Å². The molecule has 0 aliphatic heterocycles. The third-order valence-electron chi connectivity index (χ3n) is 3.54. The zero-order valence-corrected chi connectivity index (χ0v) is 11.4. The minimum Gasteiger partial charge on any atom is -0.339 e. The van der Waals surface area contributed by atoms with Crippen molar-refractivity contribution in [3.8, 4) is 0 Å². The zero-order valence-electron chi connectivity index (χ0n) is 10.7. The van der Waals surface area contributed by atoms with Crippen LogP contribution in [-0.2, 0) is 4.79 Å². The van der Waals surface area contributed by atoms with Crippen molar-refractivity contribution in [1.82, 2.24) is 4.90 Å². The van der Waals surface area contributed by atoms with Gasteiger partial charge in [0.15, 0.2) is 0 Å². The van der Waals surface area contributed by atoms with Crippen LogP contribution in [0, 0.1) is 5.82 Å². The summed E-state index contributed by atoms with van der Waals surface area (Å²) in [7, 11) is 1.64. The molecule has 1 aliphatic rings. The second-order valence-corrected chi connectivity index (χ2v) is 5.25. The van der Waals surface area contributed by atoms with Gasteiger partial charge in [0.05, 0.1) is 5.56 Å². The van der Waals surface area contributed by atoms with E-state index in [4.69, 9.17) is 11.6 Å². The molecule has 1 aliphatic carbocycles. The minimum atomic E-state index is -0.576.